The van der Waals surface area contributed by atoms with Crippen molar-refractivity contribution in [1.29, 1.82) is 0 Å². The van der Waals surface area contributed by atoms with E-state index in [1.165, 1.54) is 0 Å². The monoisotopic (exact) mass is 247 g/mol. The molecule has 7 heteroatoms. The number of hydrogen-bond donors (Lipinski definition) is 2. The fourth-order valence-electron chi connectivity index (χ4n) is 0.795. The molecule has 1 atom stereocenters. The third kappa shape index (κ3) is 7.44. The van der Waals surface area contributed by atoms with Crippen molar-refractivity contribution in [3.05, 3.63) is 0 Å². The Hall–Kier alpha value is -0.490. The summed E-state index contributed by atoms with van der Waals surface area (Å²) in [5.74, 6) is -0.0956. The molecule has 0 fully saturated rings. The van der Waals surface area contributed by atoms with Crippen LogP contribution in [0.3, 0.4) is 0 Å². The van der Waals surface area contributed by atoms with Gasteiger partial charge in [0.05, 0.1) is 6.54 Å². The van der Waals surface area contributed by atoms with Crippen molar-refractivity contribution in [1.82, 2.24) is 5.32 Å². The third-order valence-corrected chi connectivity index (χ3v) is 1.93. The summed E-state index contributed by atoms with van der Waals surface area (Å²) in [4.78, 5) is 10.9. The minimum atomic E-state index is -4.69. The quantitative estimate of drug-likeness (QED) is 0.551. The predicted molar refractivity (Wildman–Crippen MR) is 49.6 cm³/mol. The number of aliphatic hydroxyl groups excluding tert-OH is 1. The lowest BCUT2D eigenvalue weighted by Crippen LogP contribution is -2.40. The van der Waals surface area contributed by atoms with Gasteiger partial charge in [0.1, 0.15) is 0 Å². The SMILES string of the molecule is O=C(CCCCCl)NCC(O)C(F)(F)F. The third-order valence-electron chi connectivity index (χ3n) is 1.66. The van der Waals surface area contributed by atoms with Gasteiger partial charge in [-0.1, -0.05) is 0 Å². The number of unbranched alkanes of at least 4 members (excludes halogenated alkanes) is 1. The van der Waals surface area contributed by atoms with E-state index in [2.05, 4.69) is 0 Å². The Morgan fingerprint density at radius 2 is 2.00 bits per heavy atom. The van der Waals surface area contributed by atoms with Gasteiger partial charge in [0.15, 0.2) is 6.10 Å². The van der Waals surface area contributed by atoms with Crippen LogP contribution in [0.5, 0.6) is 0 Å². The van der Waals surface area contributed by atoms with Gasteiger partial charge in [-0.15, -0.1) is 11.6 Å². The minimum Gasteiger partial charge on any atom is -0.382 e. The maximum Gasteiger partial charge on any atom is 0.416 e. The number of nitrogens with one attached hydrogen (secondary N) is 1. The molecule has 0 aliphatic heterocycles. The van der Waals surface area contributed by atoms with Crippen LogP contribution in [0.4, 0.5) is 13.2 Å². The Balaban J connectivity index is 3.62. The van der Waals surface area contributed by atoms with Crippen molar-refractivity contribution >= 4 is 17.5 Å². The van der Waals surface area contributed by atoms with Crippen LogP contribution in [0.15, 0.2) is 0 Å². The lowest BCUT2D eigenvalue weighted by atomic mass is 10.2. The lowest BCUT2D eigenvalue weighted by molar-refractivity contribution is -0.201. The number of rotatable bonds is 6. The van der Waals surface area contributed by atoms with Gasteiger partial charge < -0.3 is 10.4 Å². The molecular weight excluding hydrogens is 235 g/mol. The van der Waals surface area contributed by atoms with Gasteiger partial charge in [0, 0.05) is 12.3 Å². The molecule has 0 spiro atoms. The van der Waals surface area contributed by atoms with Crippen molar-refractivity contribution < 1.29 is 23.1 Å². The summed E-state index contributed by atoms with van der Waals surface area (Å²) in [6.45, 7) is -0.802. The largest absolute Gasteiger partial charge is 0.416 e. The van der Waals surface area contributed by atoms with Gasteiger partial charge in [-0.25, -0.2) is 0 Å². The number of hydrogen-bond acceptors (Lipinski definition) is 2. The molecule has 15 heavy (non-hydrogen) atoms. The van der Waals surface area contributed by atoms with Gasteiger partial charge in [0.25, 0.3) is 0 Å². The Morgan fingerprint density at radius 1 is 1.40 bits per heavy atom. The van der Waals surface area contributed by atoms with Crippen LogP contribution < -0.4 is 5.32 Å². The first-order chi connectivity index (χ1) is 6.88. The Morgan fingerprint density at radius 3 is 2.47 bits per heavy atom. The van der Waals surface area contributed by atoms with Gasteiger partial charge in [-0.05, 0) is 12.8 Å². The molecule has 1 unspecified atom stereocenters. The van der Waals surface area contributed by atoms with E-state index in [1.54, 1.807) is 0 Å². The average molecular weight is 248 g/mol. The molecule has 0 aromatic rings. The zero-order valence-corrected chi connectivity index (χ0v) is 8.74. The van der Waals surface area contributed by atoms with E-state index in [-0.39, 0.29) is 6.42 Å². The van der Waals surface area contributed by atoms with Crippen molar-refractivity contribution in [2.24, 2.45) is 0 Å². The van der Waals surface area contributed by atoms with Crippen LogP contribution in [0.25, 0.3) is 0 Å². The number of alkyl halides is 4. The fourth-order valence-corrected chi connectivity index (χ4v) is 0.984. The molecule has 0 aliphatic carbocycles. The Kier molecular flexibility index (Phi) is 6.67. The second-order valence-corrected chi connectivity index (χ2v) is 3.39. The summed E-state index contributed by atoms with van der Waals surface area (Å²) in [6, 6.07) is 0. The predicted octanol–water partition coefficient (Wildman–Crippen LogP) is 1.43. The molecule has 2 N–H and O–H groups in total. The first-order valence-corrected chi connectivity index (χ1v) is 4.99. The van der Waals surface area contributed by atoms with Crippen LogP contribution in [-0.4, -0.2) is 35.7 Å². The molecule has 0 radical (unpaired) electrons. The second-order valence-electron chi connectivity index (χ2n) is 3.01. The van der Waals surface area contributed by atoms with Crippen molar-refractivity contribution in [2.45, 2.75) is 31.5 Å². The lowest BCUT2D eigenvalue weighted by Gasteiger charge is -2.14. The fraction of sp³-hybridized carbons (Fsp3) is 0.875. The number of carbonyl (C=O) groups is 1. The van der Waals surface area contributed by atoms with E-state index in [0.29, 0.717) is 18.7 Å². The van der Waals surface area contributed by atoms with E-state index in [1.807, 2.05) is 5.32 Å². The van der Waals surface area contributed by atoms with Gasteiger partial charge >= 0.3 is 6.18 Å². The topological polar surface area (TPSA) is 49.3 Å². The maximum absolute atomic E-state index is 11.8. The Labute approximate surface area is 90.6 Å². The molecule has 0 heterocycles. The van der Waals surface area contributed by atoms with Gasteiger partial charge in [-0.3, -0.25) is 4.79 Å². The van der Waals surface area contributed by atoms with E-state index < -0.39 is 24.7 Å². The first-order valence-electron chi connectivity index (χ1n) is 4.45. The van der Waals surface area contributed by atoms with Crippen molar-refractivity contribution in [2.75, 3.05) is 12.4 Å². The van der Waals surface area contributed by atoms with Crippen LogP contribution in [-0.2, 0) is 4.79 Å². The summed E-state index contributed by atoms with van der Waals surface area (Å²) in [5, 5.41) is 10.5. The molecule has 0 bridgehead atoms. The second kappa shape index (κ2) is 6.90. The molecule has 3 nitrogen and oxygen atoms in total. The zero-order valence-electron chi connectivity index (χ0n) is 7.98. The van der Waals surface area contributed by atoms with E-state index in [9.17, 15) is 18.0 Å². The molecule has 0 saturated heterocycles. The summed E-state index contributed by atoms with van der Waals surface area (Å²) in [7, 11) is 0. The van der Waals surface area contributed by atoms with Gasteiger partial charge in [0.2, 0.25) is 5.91 Å². The highest BCUT2D eigenvalue weighted by Gasteiger charge is 2.38. The van der Waals surface area contributed by atoms with Gasteiger partial charge in [-0.2, -0.15) is 13.2 Å². The highest BCUT2D eigenvalue weighted by Crippen LogP contribution is 2.19. The molecule has 90 valence electrons. The highest BCUT2D eigenvalue weighted by molar-refractivity contribution is 6.17. The number of carbonyl (C=O) groups excluding carboxylic acids is 1. The summed E-state index contributed by atoms with van der Waals surface area (Å²) in [5.41, 5.74) is 0. The maximum atomic E-state index is 11.8. The van der Waals surface area contributed by atoms with Crippen LogP contribution in [0.1, 0.15) is 19.3 Å². The standard InChI is InChI=1S/C8H13ClF3NO2/c9-4-2-1-3-7(15)13-5-6(14)8(10,11)12/h6,14H,1-5H2,(H,13,15). The zero-order chi connectivity index (χ0) is 11.9. The molecule has 0 aromatic heterocycles. The average Bonchev–Trinajstić information content (AvgIpc) is 2.13. The first kappa shape index (κ1) is 14.5. The van der Waals surface area contributed by atoms with Crippen molar-refractivity contribution in [3.63, 3.8) is 0 Å². The normalized spacial score (nSPS) is 13.7. The number of halogens is 4. The van der Waals surface area contributed by atoms with Crippen LogP contribution >= 0.6 is 11.6 Å². The Bertz CT molecular complexity index is 199. The molecule has 1 amide bonds. The summed E-state index contributed by atoms with van der Waals surface area (Å²) in [6.07, 6.45) is -5.91. The highest BCUT2D eigenvalue weighted by atomic mass is 35.5. The molecule has 0 saturated carbocycles. The van der Waals surface area contributed by atoms with E-state index >= 15 is 0 Å². The number of aliphatic hydroxyl groups is 1. The van der Waals surface area contributed by atoms with E-state index in [0.717, 1.165) is 0 Å². The minimum absolute atomic E-state index is 0.122. The molecular formula is C8H13ClF3NO2. The summed E-state index contributed by atoms with van der Waals surface area (Å²) < 4.78 is 35.4. The molecule has 0 aromatic carbocycles. The van der Waals surface area contributed by atoms with E-state index in [4.69, 9.17) is 16.7 Å². The molecule has 0 rings (SSSR count). The smallest absolute Gasteiger partial charge is 0.382 e. The van der Waals surface area contributed by atoms with Crippen LogP contribution in [0.2, 0.25) is 0 Å². The molecule has 0 aliphatic rings. The van der Waals surface area contributed by atoms with Crippen molar-refractivity contribution in [3.8, 4) is 0 Å². The number of amides is 1. The van der Waals surface area contributed by atoms with Crippen LogP contribution in [0, 0.1) is 0 Å². The summed E-state index contributed by atoms with van der Waals surface area (Å²) >= 11 is 5.35.